The van der Waals surface area contributed by atoms with Crippen molar-refractivity contribution >= 4 is 40.4 Å². The van der Waals surface area contributed by atoms with Crippen molar-refractivity contribution in [3.05, 3.63) is 53.7 Å². The molecule has 0 unspecified atom stereocenters. The highest BCUT2D eigenvalue weighted by molar-refractivity contribution is 6.09. The summed E-state index contributed by atoms with van der Waals surface area (Å²) in [6.07, 6.45) is 4.90. The zero-order valence-corrected chi connectivity index (χ0v) is 17.8. The van der Waals surface area contributed by atoms with E-state index in [0.717, 1.165) is 41.2 Å². The lowest BCUT2D eigenvalue weighted by Crippen LogP contribution is -2.27. The van der Waals surface area contributed by atoms with Gasteiger partial charge in [0.1, 0.15) is 0 Å². The first-order valence-corrected chi connectivity index (χ1v) is 10.5. The second-order valence-corrected chi connectivity index (χ2v) is 8.12. The summed E-state index contributed by atoms with van der Waals surface area (Å²) in [6, 6.07) is 12.7. The number of benzene rings is 2. The van der Waals surface area contributed by atoms with Crippen molar-refractivity contribution in [3.8, 4) is 0 Å². The van der Waals surface area contributed by atoms with E-state index in [1.54, 1.807) is 19.5 Å². The first kappa shape index (κ1) is 20.0. The van der Waals surface area contributed by atoms with Gasteiger partial charge in [0.25, 0.3) is 0 Å². The molecule has 0 spiro atoms. The number of allylic oxidation sites excluding steroid dienone is 1. The van der Waals surface area contributed by atoms with Gasteiger partial charge in [0.05, 0.1) is 17.1 Å². The molecule has 0 radical (unpaired) electrons. The molecule has 2 aliphatic heterocycles. The Bertz CT molecular complexity index is 1030. The number of nitrogens with zero attached hydrogens (tertiary/aromatic N) is 2. The number of nitrogens with one attached hydrogen (secondary N) is 2. The minimum absolute atomic E-state index is 0.0434. The van der Waals surface area contributed by atoms with Gasteiger partial charge in [-0.2, -0.15) is 0 Å². The number of rotatable bonds is 3. The Labute approximate surface area is 177 Å². The van der Waals surface area contributed by atoms with Crippen LogP contribution in [0.25, 0.3) is 5.57 Å². The lowest BCUT2D eigenvalue weighted by molar-refractivity contribution is -0.116. The Morgan fingerprint density at radius 3 is 2.83 bits per heavy atom. The third kappa shape index (κ3) is 3.65. The highest BCUT2D eigenvalue weighted by Gasteiger charge is 2.28. The Morgan fingerprint density at radius 1 is 1.23 bits per heavy atom. The average Bonchev–Trinajstić information content (AvgIpc) is 2.88. The fraction of sp³-hybridized carbons (Fsp3) is 0.333. The lowest BCUT2D eigenvalue weighted by atomic mass is 9.88. The summed E-state index contributed by atoms with van der Waals surface area (Å²) < 4.78 is 0. The van der Waals surface area contributed by atoms with E-state index in [4.69, 9.17) is 5.73 Å². The second kappa shape index (κ2) is 8.22. The number of carbonyl (C=O) groups excluding carboxylic acids is 1. The van der Waals surface area contributed by atoms with Crippen molar-refractivity contribution in [1.82, 2.24) is 0 Å². The average molecular weight is 404 g/mol. The van der Waals surface area contributed by atoms with Gasteiger partial charge >= 0.3 is 0 Å². The van der Waals surface area contributed by atoms with E-state index in [1.807, 2.05) is 19.1 Å². The van der Waals surface area contributed by atoms with Crippen LogP contribution in [-0.2, 0) is 4.79 Å². The van der Waals surface area contributed by atoms with Crippen LogP contribution in [0.1, 0.15) is 43.7 Å². The summed E-state index contributed by atoms with van der Waals surface area (Å²) in [6.45, 7) is 5.23. The first-order valence-electron chi connectivity index (χ1n) is 10.5. The van der Waals surface area contributed by atoms with Crippen molar-refractivity contribution in [1.29, 1.82) is 0 Å². The minimum Gasteiger partial charge on any atom is -0.404 e. The smallest absolute Gasteiger partial charge is 0.226 e. The molecule has 2 aromatic carbocycles. The summed E-state index contributed by atoms with van der Waals surface area (Å²) in [7, 11) is 1.75. The van der Waals surface area contributed by atoms with Gasteiger partial charge in [-0.1, -0.05) is 19.1 Å². The van der Waals surface area contributed by atoms with Crippen LogP contribution >= 0.6 is 0 Å². The number of carbonyl (C=O) groups is 1. The molecule has 2 aliphatic rings. The predicted molar refractivity (Wildman–Crippen MR) is 126 cm³/mol. The number of nitrogens with two attached hydrogens (primary N) is 1. The van der Waals surface area contributed by atoms with Crippen molar-refractivity contribution in [2.45, 2.75) is 38.6 Å². The summed E-state index contributed by atoms with van der Waals surface area (Å²) in [5.41, 5.74) is 13.2. The Kier molecular flexibility index (Phi) is 5.48. The number of hydrogen-bond donors (Lipinski definition) is 3. The van der Waals surface area contributed by atoms with Gasteiger partial charge in [0.2, 0.25) is 5.91 Å². The molecule has 4 N–H and O–H groups in total. The molecule has 6 heteroatoms. The molecule has 156 valence electrons. The highest BCUT2D eigenvalue weighted by Crippen LogP contribution is 2.45. The normalized spacial score (nSPS) is 21.5. The van der Waals surface area contributed by atoms with Crippen LogP contribution in [0, 0.1) is 0 Å². The van der Waals surface area contributed by atoms with Crippen molar-refractivity contribution in [2.75, 3.05) is 29.1 Å². The van der Waals surface area contributed by atoms with E-state index in [1.165, 1.54) is 11.3 Å². The standard InChI is InChI=1S/C24H29N5O/c1-15-9-10-29(21-8-7-17(12-19(15)21)18(13-25)14-26-3)22-6-4-5-20-24(22)27-16(2)11-23(30)28-20/h4-8,12-16,27H,9-11,25H2,1-3H3,(H,28,30)/t15-,16-/m1/s1. The summed E-state index contributed by atoms with van der Waals surface area (Å²) in [4.78, 5) is 18.7. The largest absolute Gasteiger partial charge is 0.404 e. The summed E-state index contributed by atoms with van der Waals surface area (Å²) in [5, 5.41) is 6.59. The van der Waals surface area contributed by atoms with E-state index >= 15 is 0 Å². The summed E-state index contributed by atoms with van der Waals surface area (Å²) >= 11 is 0. The Hall–Kier alpha value is -3.28. The van der Waals surface area contributed by atoms with E-state index in [0.29, 0.717) is 12.3 Å². The van der Waals surface area contributed by atoms with Crippen LogP contribution in [0.2, 0.25) is 0 Å². The first-order chi connectivity index (χ1) is 14.5. The lowest BCUT2D eigenvalue weighted by Gasteiger charge is -2.36. The number of amides is 1. The molecule has 0 saturated heterocycles. The highest BCUT2D eigenvalue weighted by atomic mass is 16.1. The maximum absolute atomic E-state index is 12.2. The zero-order chi connectivity index (χ0) is 21.3. The van der Waals surface area contributed by atoms with E-state index in [-0.39, 0.29) is 11.9 Å². The molecular formula is C24H29N5O. The topological polar surface area (TPSA) is 82.8 Å². The fourth-order valence-electron chi connectivity index (χ4n) is 4.37. The molecule has 0 bridgehead atoms. The number of aliphatic imine (C=N–C) groups is 1. The molecule has 0 saturated carbocycles. The zero-order valence-electron chi connectivity index (χ0n) is 17.8. The molecule has 0 aliphatic carbocycles. The van der Waals surface area contributed by atoms with Crippen LogP contribution in [0.15, 0.2) is 47.6 Å². The SMILES string of the molecule is CN=CC(=CN)c1ccc2c(c1)[C@H](C)CCN2c1cccc2c1N[C@H](C)CC(=O)N2. The second-order valence-electron chi connectivity index (χ2n) is 8.12. The van der Waals surface area contributed by atoms with E-state index in [2.05, 4.69) is 51.7 Å². The van der Waals surface area contributed by atoms with Gasteiger partial charge in [-0.15, -0.1) is 0 Å². The number of hydrogen-bond acceptors (Lipinski definition) is 5. The quantitative estimate of drug-likeness (QED) is 0.660. The maximum atomic E-state index is 12.2. The van der Waals surface area contributed by atoms with E-state index < -0.39 is 0 Å². The van der Waals surface area contributed by atoms with Crippen molar-refractivity contribution < 1.29 is 4.79 Å². The van der Waals surface area contributed by atoms with Crippen LogP contribution in [0.3, 0.4) is 0 Å². The van der Waals surface area contributed by atoms with E-state index in [9.17, 15) is 4.79 Å². The third-order valence-electron chi connectivity index (χ3n) is 5.91. The molecule has 2 aromatic rings. The molecule has 30 heavy (non-hydrogen) atoms. The minimum atomic E-state index is 0.0434. The van der Waals surface area contributed by atoms with Gasteiger partial charge in [0.15, 0.2) is 0 Å². The maximum Gasteiger partial charge on any atom is 0.226 e. The molecule has 2 atom stereocenters. The van der Waals surface area contributed by atoms with Crippen LogP contribution < -0.4 is 21.3 Å². The summed E-state index contributed by atoms with van der Waals surface area (Å²) in [5.74, 6) is 0.490. The molecular weight excluding hydrogens is 374 g/mol. The Balaban J connectivity index is 1.80. The predicted octanol–water partition coefficient (Wildman–Crippen LogP) is 4.47. The van der Waals surface area contributed by atoms with Gasteiger partial charge in [-0.25, -0.2) is 0 Å². The van der Waals surface area contributed by atoms with Crippen molar-refractivity contribution in [2.24, 2.45) is 10.7 Å². The molecule has 0 fully saturated rings. The molecule has 2 heterocycles. The third-order valence-corrected chi connectivity index (χ3v) is 5.91. The van der Waals surface area contributed by atoms with Gasteiger partial charge < -0.3 is 21.3 Å². The number of para-hydroxylation sites is 1. The molecule has 6 nitrogen and oxygen atoms in total. The van der Waals surface area contributed by atoms with Crippen molar-refractivity contribution in [3.63, 3.8) is 0 Å². The van der Waals surface area contributed by atoms with Crippen LogP contribution in [0.4, 0.5) is 22.7 Å². The fourth-order valence-corrected chi connectivity index (χ4v) is 4.37. The van der Waals surface area contributed by atoms with Crippen LogP contribution in [0.5, 0.6) is 0 Å². The molecule has 1 amide bonds. The monoisotopic (exact) mass is 403 g/mol. The van der Waals surface area contributed by atoms with Gasteiger partial charge in [-0.3, -0.25) is 9.79 Å². The van der Waals surface area contributed by atoms with Gasteiger partial charge in [0, 0.05) is 49.7 Å². The molecule has 4 rings (SSSR count). The Morgan fingerprint density at radius 2 is 2.07 bits per heavy atom. The van der Waals surface area contributed by atoms with Crippen LogP contribution in [-0.4, -0.2) is 31.8 Å². The van der Waals surface area contributed by atoms with Gasteiger partial charge in [-0.05, 0) is 54.7 Å². The number of anilines is 4. The molecule has 0 aromatic heterocycles. The number of fused-ring (bicyclic) bond motifs is 2.